The zero-order valence-corrected chi connectivity index (χ0v) is 18.9. The smallest absolute Gasteiger partial charge is 0.231 e. The van der Waals surface area contributed by atoms with Crippen LogP contribution in [0, 0.1) is 0 Å². The first kappa shape index (κ1) is 20.2. The Labute approximate surface area is 195 Å². The summed E-state index contributed by atoms with van der Waals surface area (Å²) in [6.45, 7) is 0.956. The Morgan fingerprint density at radius 1 is 1.09 bits per heavy atom. The number of aryl methyl sites for hydroxylation is 1. The molecule has 170 valence electrons. The van der Waals surface area contributed by atoms with Gasteiger partial charge in [-0.05, 0) is 31.0 Å². The first-order chi connectivity index (χ1) is 16.2. The molecule has 1 saturated carbocycles. The van der Waals surface area contributed by atoms with Gasteiger partial charge in [0.15, 0.2) is 11.5 Å². The van der Waals surface area contributed by atoms with Gasteiger partial charge >= 0.3 is 0 Å². The molecule has 0 atom stereocenters. The lowest BCUT2D eigenvalue weighted by Gasteiger charge is -2.24. The highest BCUT2D eigenvalue weighted by Crippen LogP contribution is 2.45. The van der Waals surface area contributed by atoms with E-state index in [1.54, 1.807) is 12.4 Å². The van der Waals surface area contributed by atoms with Crippen LogP contribution in [0.1, 0.15) is 25.7 Å². The minimum Gasteiger partial charge on any atom is -0.485 e. The molecule has 1 aromatic carbocycles. The Bertz CT molecular complexity index is 1330. The molecule has 0 radical (unpaired) electrons. The van der Waals surface area contributed by atoms with Gasteiger partial charge in [-0.25, -0.2) is 0 Å². The quantitative estimate of drug-likeness (QED) is 0.386. The van der Waals surface area contributed by atoms with E-state index < -0.39 is 0 Å². The van der Waals surface area contributed by atoms with E-state index in [1.165, 1.54) is 12.8 Å². The zero-order valence-electron chi connectivity index (χ0n) is 18.2. The van der Waals surface area contributed by atoms with Crippen molar-refractivity contribution in [2.24, 2.45) is 7.05 Å². The summed E-state index contributed by atoms with van der Waals surface area (Å²) in [6.07, 6.45) is 8.22. The molecule has 4 aromatic rings. The molecule has 0 spiro atoms. The SMILES string of the molecule is Cn1nccc1-c1ccc(Nc2nc(NC3CCCC3)c3c(Cl)c[nH]c3n2)c2c1OCCO2. The number of nitrogens with zero attached hydrogens (tertiary/aromatic N) is 4. The molecule has 1 fully saturated rings. The van der Waals surface area contributed by atoms with Gasteiger partial charge in [0.05, 0.1) is 21.8 Å². The van der Waals surface area contributed by atoms with Crippen LogP contribution in [-0.2, 0) is 7.05 Å². The second-order valence-corrected chi connectivity index (χ2v) is 8.77. The Morgan fingerprint density at radius 2 is 1.91 bits per heavy atom. The third-order valence-corrected chi connectivity index (χ3v) is 6.51. The maximum atomic E-state index is 6.43. The summed E-state index contributed by atoms with van der Waals surface area (Å²) in [5.74, 6) is 2.51. The molecule has 3 N–H and O–H groups in total. The van der Waals surface area contributed by atoms with Crippen LogP contribution < -0.4 is 20.1 Å². The predicted octanol–water partition coefficient (Wildman–Crippen LogP) is 4.88. The van der Waals surface area contributed by atoms with E-state index in [-0.39, 0.29) is 0 Å². The highest BCUT2D eigenvalue weighted by molar-refractivity contribution is 6.36. The van der Waals surface area contributed by atoms with E-state index in [0.717, 1.165) is 41.0 Å². The molecule has 0 unspecified atom stereocenters. The van der Waals surface area contributed by atoms with E-state index in [4.69, 9.17) is 26.1 Å². The van der Waals surface area contributed by atoms with Gasteiger partial charge in [-0.2, -0.15) is 15.1 Å². The molecule has 10 heteroatoms. The fourth-order valence-electron chi connectivity index (χ4n) is 4.61. The van der Waals surface area contributed by atoms with Crippen molar-refractivity contribution in [2.45, 2.75) is 31.7 Å². The average molecular weight is 466 g/mol. The van der Waals surface area contributed by atoms with Crippen molar-refractivity contribution >= 4 is 40.1 Å². The van der Waals surface area contributed by atoms with Gasteiger partial charge in [0.1, 0.15) is 24.7 Å². The van der Waals surface area contributed by atoms with Crippen molar-refractivity contribution in [3.05, 3.63) is 35.6 Å². The number of H-pyrrole nitrogens is 1. The van der Waals surface area contributed by atoms with Gasteiger partial charge in [0.2, 0.25) is 5.95 Å². The van der Waals surface area contributed by atoms with Gasteiger partial charge in [0.25, 0.3) is 0 Å². The number of nitrogens with one attached hydrogen (secondary N) is 3. The van der Waals surface area contributed by atoms with Gasteiger partial charge in [0, 0.05) is 31.0 Å². The van der Waals surface area contributed by atoms with Gasteiger partial charge < -0.3 is 25.1 Å². The Morgan fingerprint density at radius 3 is 2.70 bits per heavy atom. The number of rotatable bonds is 5. The largest absolute Gasteiger partial charge is 0.485 e. The van der Waals surface area contributed by atoms with Crippen LogP contribution in [0.4, 0.5) is 17.5 Å². The fourth-order valence-corrected chi connectivity index (χ4v) is 4.85. The molecule has 0 bridgehead atoms. The van der Waals surface area contributed by atoms with E-state index in [9.17, 15) is 0 Å². The Kier molecular flexibility index (Phi) is 4.98. The van der Waals surface area contributed by atoms with E-state index >= 15 is 0 Å². The minimum atomic E-state index is 0.393. The molecule has 33 heavy (non-hydrogen) atoms. The van der Waals surface area contributed by atoms with Crippen molar-refractivity contribution in [2.75, 3.05) is 23.8 Å². The maximum absolute atomic E-state index is 6.43. The molecule has 1 aliphatic heterocycles. The summed E-state index contributed by atoms with van der Waals surface area (Å²) >= 11 is 6.43. The molecule has 9 nitrogen and oxygen atoms in total. The summed E-state index contributed by atoms with van der Waals surface area (Å²) in [5.41, 5.74) is 3.28. The van der Waals surface area contributed by atoms with Crippen LogP contribution in [0.25, 0.3) is 22.3 Å². The number of benzene rings is 1. The molecule has 3 aromatic heterocycles. The highest BCUT2D eigenvalue weighted by atomic mass is 35.5. The minimum absolute atomic E-state index is 0.393. The summed E-state index contributed by atoms with van der Waals surface area (Å²) in [7, 11) is 1.90. The second kappa shape index (κ2) is 8.15. The molecule has 0 amide bonds. The molecule has 1 aliphatic carbocycles. The molecular weight excluding hydrogens is 442 g/mol. The van der Waals surface area contributed by atoms with E-state index in [2.05, 4.69) is 25.7 Å². The van der Waals surface area contributed by atoms with E-state index in [1.807, 2.05) is 29.9 Å². The third kappa shape index (κ3) is 3.62. The molecule has 0 saturated heterocycles. The molecule has 2 aliphatic rings. The lowest BCUT2D eigenvalue weighted by Crippen LogP contribution is -2.18. The van der Waals surface area contributed by atoms with Crippen LogP contribution in [0.15, 0.2) is 30.6 Å². The lowest BCUT2D eigenvalue weighted by atomic mass is 10.1. The number of ether oxygens (including phenoxy) is 2. The standard InChI is InChI=1S/C23H24ClN7O2/c1-31-17(8-9-26-31)14-6-7-16(20-19(14)32-10-11-33-20)28-23-29-21-18(15(24)12-25-21)22(30-23)27-13-4-2-3-5-13/h6-9,12-13H,2-5,10-11H2,1H3,(H3,25,27,28,29,30). The predicted molar refractivity (Wildman–Crippen MR) is 128 cm³/mol. The molecule has 6 rings (SSSR count). The van der Waals surface area contributed by atoms with Crippen LogP contribution in [0.2, 0.25) is 5.02 Å². The van der Waals surface area contributed by atoms with E-state index in [0.29, 0.717) is 47.4 Å². The van der Waals surface area contributed by atoms with Gasteiger partial charge in [-0.3, -0.25) is 4.68 Å². The van der Waals surface area contributed by atoms with Crippen molar-refractivity contribution in [3.63, 3.8) is 0 Å². The molecular formula is C23H24ClN7O2. The first-order valence-electron chi connectivity index (χ1n) is 11.2. The van der Waals surface area contributed by atoms with Crippen molar-refractivity contribution in [1.29, 1.82) is 0 Å². The average Bonchev–Trinajstić information content (AvgIpc) is 3.57. The first-order valence-corrected chi connectivity index (χ1v) is 11.5. The fraction of sp³-hybridized carbons (Fsp3) is 0.348. The zero-order chi connectivity index (χ0) is 22.4. The Hall–Kier alpha value is -3.46. The highest BCUT2D eigenvalue weighted by Gasteiger charge is 2.24. The van der Waals surface area contributed by atoms with Crippen LogP contribution in [0.3, 0.4) is 0 Å². The third-order valence-electron chi connectivity index (χ3n) is 6.21. The van der Waals surface area contributed by atoms with Crippen LogP contribution in [0.5, 0.6) is 11.5 Å². The number of aromatic amines is 1. The maximum Gasteiger partial charge on any atom is 0.231 e. The number of anilines is 3. The van der Waals surface area contributed by atoms with Gasteiger partial charge in [-0.1, -0.05) is 24.4 Å². The van der Waals surface area contributed by atoms with Gasteiger partial charge in [-0.15, -0.1) is 0 Å². The number of fused-ring (bicyclic) bond motifs is 2. The topological polar surface area (TPSA) is 102 Å². The normalized spacial score (nSPS) is 15.8. The Balaban J connectivity index is 1.39. The number of halogens is 1. The van der Waals surface area contributed by atoms with Crippen LogP contribution in [-0.4, -0.2) is 44.0 Å². The molecule has 4 heterocycles. The van der Waals surface area contributed by atoms with Crippen molar-refractivity contribution < 1.29 is 9.47 Å². The summed E-state index contributed by atoms with van der Waals surface area (Å²) < 4.78 is 13.8. The summed E-state index contributed by atoms with van der Waals surface area (Å²) in [6, 6.07) is 6.29. The summed E-state index contributed by atoms with van der Waals surface area (Å²) in [5, 5.41) is 12.6. The number of aromatic nitrogens is 5. The number of hydrogen-bond acceptors (Lipinski definition) is 7. The summed E-state index contributed by atoms with van der Waals surface area (Å²) in [4.78, 5) is 12.6. The number of hydrogen-bond donors (Lipinski definition) is 3. The van der Waals surface area contributed by atoms with Crippen LogP contribution >= 0.6 is 11.6 Å². The lowest BCUT2D eigenvalue weighted by molar-refractivity contribution is 0.173. The van der Waals surface area contributed by atoms with Crippen molar-refractivity contribution in [1.82, 2.24) is 24.7 Å². The monoisotopic (exact) mass is 465 g/mol. The second-order valence-electron chi connectivity index (χ2n) is 8.36. The van der Waals surface area contributed by atoms with Crippen molar-refractivity contribution in [3.8, 4) is 22.8 Å².